The summed E-state index contributed by atoms with van der Waals surface area (Å²) in [5.41, 5.74) is 7.71. The molecule has 1 aromatic rings. The minimum atomic E-state index is -0.461. The number of nitrogens with two attached hydrogens (primary N) is 1. The third-order valence-corrected chi connectivity index (χ3v) is 4.16. The summed E-state index contributed by atoms with van der Waals surface area (Å²) < 4.78 is 0. The zero-order chi connectivity index (χ0) is 16.1. The molecule has 1 aliphatic rings. The number of aryl methyl sites for hydroxylation is 2. The van der Waals surface area contributed by atoms with E-state index in [1.54, 1.807) is 6.07 Å². The number of piperidine rings is 1. The summed E-state index contributed by atoms with van der Waals surface area (Å²) in [4.78, 5) is 18.2. The van der Waals surface area contributed by atoms with Crippen LogP contribution in [0.2, 0.25) is 0 Å². The largest absolute Gasteiger partial charge is 0.392 e. The highest BCUT2D eigenvalue weighted by Crippen LogP contribution is 2.17. The molecule has 1 unspecified atom stereocenters. The highest BCUT2D eigenvalue weighted by Gasteiger charge is 2.17. The van der Waals surface area contributed by atoms with Crippen molar-refractivity contribution in [3.8, 4) is 0 Å². The number of amides is 1. The first-order chi connectivity index (χ1) is 10.5. The first kappa shape index (κ1) is 16.7. The fourth-order valence-electron chi connectivity index (χ4n) is 2.77. The van der Waals surface area contributed by atoms with Crippen molar-refractivity contribution in [2.24, 2.45) is 5.73 Å². The number of anilines is 1. The Hall–Kier alpha value is -1.66. The lowest BCUT2D eigenvalue weighted by Gasteiger charge is -2.29. The molecule has 1 aromatic heterocycles. The number of rotatable bonds is 6. The second kappa shape index (κ2) is 7.56. The average Bonchev–Trinajstić information content (AvgIpc) is 2.46. The van der Waals surface area contributed by atoms with Gasteiger partial charge in [0, 0.05) is 18.8 Å². The highest BCUT2D eigenvalue weighted by atomic mass is 16.3. The summed E-state index contributed by atoms with van der Waals surface area (Å²) in [6.07, 6.45) is 2.70. The Bertz CT molecular complexity index is 533. The molecular formula is C16H26N4O2. The van der Waals surface area contributed by atoms with Crippen LogP contribution >= 0.6 is 0 Å². The van der Waals surface area contributed by atoms with Crippen molar-refractivity contribution in [1.82, 2.24) is 9.88 Å². The predicted molar refractivity (Wildman–Crippen MR) is 87.0 cm³/mol. The van der Waals surface area contributed by atoms with Gasteiger partial charge in [-0.3, -0.25) is 4.79 Å². The second-order valence-corrected chi connectivity index (χ2v) is 6.03. The summed E-state index contributed by atoms with van der Waals surface area (Å²) in [5, 5.41) is 12.9. The molecule has 0 bridgehead atoms. The topological polar surface area (TPSA) is 91.5 Å². The van der Waals surface area contributed by atoms with E-state index in [1.165, 1.54) is 0 Å². The number of primary amides is 1. The van der Waals surface area contributed by atoms with E-state index in [4.69, 9.17) is 5.73 Å². The predicted octanol–water partition coefficient (Wildman–Crippen LogP) is 1.06. The normalized spacial score (nSPS) is 19.1. The first-order valence-electron chi connectivity index (χ1n) is 7.89. The van der Waals surface area contributed by atoms with Gasteiger partial charge in [-0.2, -0.15) is 0 Å². The number of aromatic nitrogens is 1. The van der Waals surface area contributed by atoms with Gasteiger partial charge in [0.1, 0.15) is 5.82 Å². The van der Waals surface area contributed by atoms with Crippen molar-refractivity contribution < 1.29 is 9.90 Å². The van der Waals surface area contributed by atoms with E-state index in [2.05, 4.69) is 15.2 Å². The minimum absolute atomic E-state index is 0.190. The molecule has 1 atom stereocenters. The second-order valence-electron chi connectivity index (χ2n) is 6.03. The Morgan fingerprint density at radius 3 is 3.00 bits per heavy atom. The zero-order valence-electron chi connectivity index (χ0n) is 13.4. The lowest BCUT2D eigenvalue weighted by atomic mass is 10.1. The maximum Gasteiger partial charge on any atom is 0.252 e. The number of carbonyl (C=O) groups excluding carboxylic acids is 1. The van der Waals surface area contributed by atoms with Crippen molar-refractivity contribution in [2.45, 2.75) is 39.2 Å². The van der Waals surface area contributed by atoms with Crippen LogP contribution in [0.3, 0.4) is 0 Å². The van der Waals surface area contributed by atoms with Crippen LogP contribution in [-0.4, -0.2) is 53.2 Å². The van der Waals surface area contributed by atoms with Crippen LogP contribution in [0.5, 0.6) is 0 Å². The van der Waals surface area contributed by atoms with Gasteiger partial charge in [0.25, 0.3) is 5.91 Å². The molecule has 4 N–H and O–H groups in total. The smallest absolute Gasteiger partial charge is 0.252 e. The molecule has 2 rings (SSSR count). The molecule has 0 aliphatic carbocycles. The molecule has 0 radical (unpaired) electrons. The number of hydrogen-bond acceptors (Lipinski definition) is 5. The summed E-state index contributed by atoms with van der Waals surface area (Å²) in [6.45, 7) is 7.30. The standard InChI is InChI=1S/C16H26N4O2/c1-11-9-14(15(17)22)16(19-12(11)2)18-6-4-8-20-7-3-5-13(21)10-20/h9,13,21H,3-8,10H2,1-2H3,(H2,17,22)(H,18,19). The fraction of sp³-hybridized carbons (Fsp3) is 0.625. The average molecular weight is 306 g/mol. The van der Waals surface area contributed by atoms with Gasteiger partial charge in [0.15, 0.2) is 0 Å². The monoisotopic (exact) mass is 306 g/mol. The van der Waals surface area contributed by atoms with Crippen molar-refractivity contribution in [3.63, 3.8) is 0 Å². The molecule has 1 aliphatic heterocycles. The Labute approximate surface area is 131 Å². The third-order valence-electron chi connectivity index (χ3n) is 4.16. The van der Waals surface area contributed by atoms with Crippen LogP contribution in [0.1, 0.15) is 40.9 Å². The number of β-amino-alcohol motifs (C(OH)–C–C–N with tert-alkyl or cyclic N) is 1. The summed E-state index contributed by atoms with van der Waals surface area (Å²) in [6, 6.07) is 1.79. The van der Waals surface area contributed by atoms with Gasteiger partial charge in [-0.05, 0) is 57.8 Å². The van der Waals surface area contributed by atoms with Gasteiger partial charge in [-0.25, -0.2) is 4.98 Å². The highest BCUT2D eigenvalue weighted by molar-refractivity contribution is 5.97. The van der Waals surface area contributed by atoms with Crippen LogP contribution in [0.25, 0.3) is 0 Å². The molecule has 0 aromatic carbocycles. The molecule has 6 heteroatoms. The number of hydrogen-bond donors (Lipinski definition) is 3. The molecular weight excluding hydrogens is 280 g/mol. The van der Waals surface area contributed by atoms with E-state index in [0.717, 1.165) is 56.7 Å². The SMILES string of the molecule is Cc1cc(C(N)=O)c(NCCCN2CCCC(O)C2)nc1C. The van der Waals surface area contributed by atoms with Crippen molar-refractivity contribution in [3.05, 3.63) is 22.9 Å². The molecule has 1 saturated heterocycles. The van der Waals surface area contributed by atoms with Gasteiger partial charge >= 0.3 is 0 Å². The maximum atomic E-state index is 11.5. The molecule has 22 heavy (non-hydrogen) atoms. The van der Waals surface area contributed by atoms with Crippen molar-refractivity contribution in [2.75, 3.05) is 31.5 Å². The maximum absolute atomic E-state index is 11.5. The van der Waals surface area contributed by atoms with Crippen LogP contribution in [0.4, 0.5) is 5.82 Å². The van der Waals surface area contributed by atoms with E-state index in [1.807, 2.05) is 13.8 Å². The van der Waals surface area contributed by atoms with Gasteiger partial charge in [0.2, 0.25) is 0 Å². The molecule has 1 fully saturated rings. The van der Waals surface area contributed by atoms with Crippen molar-refractivity contribution >= 4 is 11.7 Å². The van der Waals surface area contributed by atoms with Crippen LogP contribution in [-0.2, 0) is 0 Å². The quantitative estimate of drug-likeness (QED) is 0.684. The number of nitrogens with zero attached hydrogens (tertiary/aromatic N) is 2. The van der Waals surface area contributed by atoms with Gasteiger partial charge in [-0.1, -0.05) is 0 Å². The van der Waals surface area contributed by atoms with E-state index in [-0.39, 0.29) is 6.10 Å². The molecule has 0 spiro atoms. The van der Waals surface area contributed by atoms with E-state index in [9.17, 15) is 9.90 Å². The number of aliphatic hydroxyl groups is 1. The summed E-state index contributed by atoms with van der Waals surface area (Å²) in [7, 11) is 0. The number of carbonyl (C=O) groups is 1. The van der Waals surface area contributed by atoms with E-state index in [0.29, 0.717) is 11.4 Å². The Morgan fingerprint density at radius 2 is 2.32 bits per heavy atom. The molecule has 122 valence electrons. The number of pyridine rings is 1. The number of aliphatic hydroxyl groups excluding tert-OH is 1. The fourth-order valence-corrected chi connectivity index (χ4v) is 2.77. The Kier molecular flexibility index (Phi) is 5.74. The molecule has 6 nitrogen and oxygen atoms in total. The van der Waals surface area contributed by atoms with Crippen LogP contribution in [0, 0.1) is 13.8 Å². The van der Waals surface area contributed by atoms with Gasteiger partial charge < -0.3 is 21.1 Å². The summed E-state index contributed by atoms with van der Waals surface area (Å²) >= 11 is 0. The van der Waals surface area contributed by atoms with E-state index >= 15 is 0 Å². The van der Waals surface area contributed by atoms with E-state index < -0.39 is 5.91 Å². The lowest BCUT2D eigenvalue weighted by molar-refractivity contribution is 0.0706. The first-order valence-corrected chi connectivity index (χ1v) is 7.89. The third kappa shape index (κ3) is 4.42. The van der Waals surface area contributed by atoms with Crippen LogP contribution in [0.15, 0.2) is 6.07 Å². The molecule has 1 amide bonds. The number of nitrogens with one attached hydrogen (secondary N) is 1. The minimum Gasteiger partial charge on any atom is -0.392 e. The lowest BCUT2D eigenvalue weighted by Crippen LogP contribution is -2.39. The van der Waals surface area contributed by atoms with Gasteiger partial charge in [-0.15, -0.1) is 0 Å². The summed E-state index contributed by atoms with van der Waals surface area (Å²) in [5.74, 6) is 0.103. The van der Waals surface area contributed by atoms with Crippen LogP contribution < -0.4 is 11.1 Å². The molecule has 0 saturated carbocycles. The van der Waals surface area contributed by atoms with Gasteiger partial charge in [0.05, 0.1) is 11.7 Å². The number of likely N-dealkylation sites (tertiary alicyclic amines) is 1. The zero-order valence-corrected chi connectivity index (χ0v) is 13.4. The van der Waals surface area contributed by atoms with Crippen molar-refractivity contribution in [1.29, 1.82) is 0 Å². The Morgan fingerprint density at radius 1 is 1.55 bits per heavy atom. The molecule has 2 heterocycles. The Balaban J connectivity index is 1.86.